The van der Waals surface area contributed by atoms with E-state index < -0.39 is 66.7 Å². The van der Waals surface area contributed by atoms with Gasteiger partial charge in [-0.25, -0.2) is 4.79 Å². The predicted molar refractivity (Wildman–Crippen MR) is 152 cm³/mol. The van der Waals surface area contributed by atoms with E-state index in [0.29, 0.717) is 25.7 Å². The van der Waals surface area contributed by atoms with Gasteiger partial charge in [0, 0.05) is 5.92 Å². The number of hydrogen-bond acceptors (Lipinski definition) is 11. The lowest BCUT2D eigenvalue weighted by atomic mass is 9.65. The average Bonchev–Trinajstić information content (AvgIpc) is 2.92. The quantitative estimate of drug-likeness (QED) is 0.174. The summed E-state index contributed by atoms with van der Waals surface area (Å²) in [5.74, 6) is -2.43. The molecule has 244 valence electrons. The normalized spacial score (nSPS) is 35.7. The van der Waals surface area contributed by atoms with E-state index in [-0.39, 0.29) is 42.2 Å². The van der Waals surface area contributed by atoms with Gasteiger partial charge in [-0.05, 0) is 69.3 Å². The number of rotatable bonds is 12. The van der Waals surface area contributed by atoms with Crippen molar-refractivity contribution < 1.29 is 59.2 Å². The van der Waals surface area contributed by atoms with E-state index in [9.17, 15) is 39.9 Å². The van der Waals surface area contributed by atoms with E-state index in [0.717, 1.165) is 5.57 Å². The first-order valence-corrected chi connectivity index (χ1v) is 15.1. The van der Waals surface area contributed by atoms with Gasteiger partial charge in [-0.1, -0.05) is 39.0 Å². The van der Waals surface area contributed by atoms with Crippen LogP contribution in [0.4, 0.5) is 0 Å². The van der Waals surface area contributed by atoms with Crippen molar-refractivity contribution in [3.8, 4) is 0 Å². The van der Waals surface area contributed by atoms with Crippen LogP contribution in [0.1, 0.15) is 73.1 Å². The third kappa shape index (κ3) is 8.64. The lowest BCUT2D eigenvalue weighted by Gasteiger charge is -2.44. The minimum absolute atomic E-state index is 0.0228. The van der Waals surface area contributed by atoms with E-state index in [4.69, 9.17) is 19.3 Å². The molecule has 6 N–H and O–H groups in total. The molecule has 1 aliphatic heterocycles. The molecule has 12 nitrogen and oxygen atoms in total. The Balaban J connectivity index is 1.57. The maximum absolute atomic E-state index is 13.0. The van der Waals surface area contributed by atoms with Crippen LogP contribution >= 0.6 is 0 Å². The second-order valence-corrected chi connectivity index (χ2v) is 13.0. The molecule has 3 aliphatic rings. The molecule has 0 aromatic rings. The number of carbonyl (C=O) groups excluding carboxylic acids is 2. The van der Waals surface area contributed by atoms with Gasteiger partial charge in [0.2, 0.25) is 6.29 Å². The van der Waals surface area contributed by atoms with Gasteiger partial charge in [-0.2, -0.15) is 0 Å². The molecule has 0 radical (unpaired) electrons. The fraction of sp³-hybridized carbons (Fsp3) is 0.774. The SMILES string of the molecule is CCC(C)(C)C(=O)O[C@H]1C[C@@H](C)C=C2C=C[C@H](C)[C@H](CC[C@@H](O)C[C@@H](O)CC(=O)O[C@H]3O[C@H](C(=O)O)[C@H](O)[C@H](O)[C@H]3O)[C@H]21. The maximum Gasteiger partial charge on any atom is 0.335 e. The highest BCUT2D eigenvalue weighted by Crippen LogP contribution is 2.45. The third-order valence-corrected chi connectivity index (χ3v) is 9.13. The molecule has 43 heavy (non-hydrogen) atoms. The summed E-state index contributed by atoms with van der Waals surface area (Å²) >= 11 is 0. The van der Waals surface area contributed by atoms with Gasteiger partial charge in [0.15, 0.2) is 6.10 Å². The molecule has 2 aliphatic carbocycles. The summed E-state index contributed by atoms with van der Waals surface area (Å²) in [5.41, 5.74) is 0.533. The van der Waals surface area contributed by atoms with E-state index in [1.807, 2.05) is 20.8 Å². The Labute approximate surface area is 252 Å². The molecule has 0 bridgehead atoms. The monoisotopic (exact) mass is 612 g/mol. The van der Waals surface area contributed by atoms with E-state index >= 15 is 0 Å². The Hall–Kier alpha value is -2.35. The van der Waals surface area contributed by atoms with Gasteiger partial charge in [-0.3, -0.25) is 9.59 Å². The Morgan fingerprint density at radius 2 is 1.72 bits per heavy atom. The van der Waals surface area contributed by atoms with Crippen LogP contribution in [0.25, 0.3) is 0 Å². The van der Waals surface area contributed by atoms with Crippen molar-refractivity contribution in [2.75, 3.05) is 0 Å². The van der Waals surface area contributed by atoms with Crippen LogP contribution in [0.15, 0.2) is 23.8 Å². The largest absolute Gasteiger partial charge is 0.479 e. The zero-order valence-electron chi connectivity index (χ0n) is 25.5. The molecular weight excluding hydrogens is 564 g/mol. The van der Waals surface area contributed by atoms with Crippen LogP contribution in [-0.2, 0) is 28.6 Å². The smallest absolute Gasteiger partial charge is 0.335 e. The summed E-state index contributed by atoms with van der Waals surface area (Å²) < 4.78 is 16.0. The van der Waals surface area contributed by atoms with Gasteiger partial charge in [0.05, 0.1) is 24.0 Å². The minimum Gasteiger partial charge on any atom is -0.479 e. The molecular formula is C31H48O12. The average molecular weight is 613 g/mol. The Bertz CT molecular complexity index is 1050. The predicted octanol–water partition coefficient (Wildman–Crippen LogP) is 1.46. The molecule has 0 aromatic heterocycles. The first-order valence-electron chi connectivity index (χ1n) is 15.1. The van der Waals surface area contributed by atoms with Crippen LogP contribution < -0.4 is 0 Å². The van der Waals surface area contributed by atoms with Gasteiger partial charge >= 0.3 is 17.9 Å². The van der Waals surface area contributed by atoms with Crippen LogP contribution in [0.3, 0.4) is 0 Å². The number of carboxylic acids is 1. The molecule has 1 fully saturated rings. The van der Waals surface area contributed by atoms with Crippen molar-refractivity contribution in [2.45, 2.75) is 122 Å². The number of esters is 2. The zero-order valence-corrected chi connectivity index (χ0v) is 25.5. The van der Waals surface area contributed by atoms with Crippen molar-refractivity contribution in [2.24, 2.45) is 29.1 Å². The van der Waals surface area contributed by atoms with Crippen LogP contribution in [0.5, 0.6) is 0 Å². The number of aliphatic carboxylic acids is 1. The highest BCUT2D eigenvalue weighted by atomic mass is 16.7. The van der Waals surface area contributed by atoms with Crippen LogP contribution in [0.2, 0.25) is 0 Å². The molecule has 0 amide bonds. The highest BCUT2D eigenvalue weighted by Gasteiger charge is 2.49. The number of carboxylic acid groups (broad SMARTS) is 1. The summed E-state index contributed by atoms with van der Waals surface area (Å²) in [7, 11) is 0. The standard InChI is InChI=1S/C31H48O12/c1-6-31(4,5)30(40)41-21-12-15(2)11-17-8-7-16(3)20(23(17)21)10-9-18(32)13-19(33)14-22(34)42-29-26(37)24(35)25(36)27(43-29)28(38)39/h7-8,11,15-16,18-21,23-27,29,32-33,35-37H,6,9-10,12-14H2,1-5H3,(H,38,39)/t15-,16-,18+,19+,20-,21-,23-,24-,25+,26+,27-,29-/m0/s1. The first-order chi connectivity index (χ1) is 20.0. The minimum atomic E-state index is -1.93. The summed E-state index contributed by atoms with van der Waals surface area (Å²) in [5, 5.41) is 60.0. The number of aliphatic hydroxyl groups is 5. The number of carbonyl (C=O) groups is 3. The van der Waals surface area contributed by atoms with Gasteiger partial charge in [0.25, 0.3) is 0 Å². The number of allylic oxidation sites excluding steroid dienone is 3. The number of hydrogen-bond donors (Lipinski definition) is 6. The second kappa shape index (κ2) is 14.6. The molecule has 1 saturated heterocycles. The number of aliphatic hydroxyl groups excluding tert-OH is 5. The Morgan fingerprint density at radius 1 is 1.05 bits per heavy atom. The molecule has 12 heteroatoms. The lowest BCUT2D eigenvalue weighted by Crippen LogP contribution is -2.60. The van der Waals surface area contributed by atoms with Gasteiger partial charge in [-0.15, -0.1) is 0 Å². The van der Waals surface area contributed by atoms with Crippen LogP contribution in [0, 0.1) is 29.1 Å². The van der Waals surface area contributed by atoms with Crippen molar-refractivity contribution >= 4 is 17.9 Å². The topological polar surface area (TPSA) is 200 Å². The summed E-state index contributed by atoms with van der Waals surface area (Å²) in [6, 6.07) is 0. The van der Waals surface area contributed by atoms with E-state index in [1.54, 1.807) is 0 Å². The second-order valence-electron chi connectivity index (χ2n) is 13.0. The zero-order chi connectivity index (χ0) is 32.2. The first kappa shape index (κ1) is 35.1. The fourth-order valence-electron chi connectivity index (χ4n) is 6.08. The van der Waals surface area contributed by atoms with Crippen molar-refractivity contribution in [3.05, 3.63) is 23.8 Å². The molecule has 0 saturated carbocycles. The van der Waals surface area contributed by atoms with Crippen molar-refractivity contribution in [1.82, 2.24) is 0 Å². The fourth-order valence-corrected chi connectivity index (χ4v) is 6.08. The lowest BCUT2D eigenvalue weighted by molar-refractivity contribution is -0.286. The van der Waals surface area contributed by atoms with E-state index in [1.165, 1.54) is 0 Å². The molecule has 0 aromatic carbocycles. The molecule has 12 atom stereocenters. The van der Waals surface area contributed by atoms with Crippen molar-refractivity contribution in [1.29, 1.82) is 0 Å². The number of ether oxygens (including phenoxy) is 3. The molecule has 0 unspecified atom stereocenters. The highest BCUT2D eigenvalue weighted by molar-refractivity contribution is 5.76. The molecule has 1 heterocycles. The summed E-state index contributed by atoms with van der Waals surface area (Å²) in [6.45, 7) is 9.90. The van der Waals surface area contributed by atoms with Crippen molar-refractivity contribution in [3.63, 3.8) is 0 Å². The Morgan fingerprint density at radius 3 is 2.35 bits per heavy atom. The Kier molecular flexibility index (Phi) is 11.9. The molecule has 0 spiro atoms. The van der Waals surface area contributed by atoms with E-state index in [2.05, 4.69) is 32.1 Å². The third-order valence-electron chi connectivity index (χ3n) is 9.13. The van der Waals surface area contributed by atoms with Crippen LogP contribution in [-0.4, -0.2) is 97.6 Å². The summed E-state index contributed by atoms with van der Waals surface area (Å²) in [6.07, 6.45) is -4.12. The van der Waals surface area contributed by atoms with Gasteiger partial charge in [0.1, 0.15) is 24.4 Å². The summed E-state index contributed by atoms with van der Waals surface area (Å²) in [4.78, 5) is 36.6. The number of fused-ring (bicyclic) bond motifs is 1. The van der Waals surface area contributed by atoms with Gasteiger partial charge < -0.3 is 44.8 Å². The molecule has 3 rings (SSSR count). The maximum atomic E-state index is 13.0.